The van der Waals surface area contributed by atoms with Gasteiger partial charge in [-0.15, -0.1) is 11.3 Å². The van der Waals surface area contributed by atoms with Gasteiger partial charge in [0.25, 0.3) is 0 Å². The Balaban J connectivity index is 2.21. The van der Waals surface area contributed by atoms with Crippen LogP contribution in [0.5, 0.6) is 0 Å². The van der Waals surface area contributed by atoms with Crippen molar-refractivity contribution in [2.24, 2.45) is 0 Å². The molecule has 21 heavy (non-hydrogen) atoms. The Hall–Kier alpha value is -2.38. The average Bonchev–Trinajstić information content (AvgIpc) is 3.01. The van der Waals surface area contributed by atoms with Crippen LogP contribution in [-0.2, 0) is 0 Å². The fourth-order valence-corrected chi connectivity index (χ4v) is 4.17. The molecule has 0 radical (unpaired) electrons. The van der Waals surface area contributed by atoms with Crippen LogP contribution in [0.3, 0.4) is 0 Å². The molecule has 1 aromatic heterocycles. The Labute approximate surface area is 126 Å². The van der Waals surface area contributed by atoms with Crippen molar-refractivity contribution in [2.45, 2.75) is 0 Å². The summed E-state index contributed by atoms with van der Waals surface area (Å²) in [4.78, 5) is 0. The lowest BCUT2D eigenvalue weighted by molar-refractivity contribution is 1.80. The highest BCUT2D eigenvalue weighted by molar-refractivity contribution is 7.17. The Morgan fingerprint density at radius 2 is 1.05 bits per heavy atom. The topological polar surface area (TPSA) is 0 Å². The molecule has 5 aromatic rings. The van der Waals surface area contributed by atoms with Crippen LogP contribution in [0.2, 0.25) is 0 Å². The Morgan fingerprint density at radius 3 is 1.67 bits per heavy atom. The first-order valence-electron chi connectivity index (χ1n) is 7.12. The molecule has 0 N–H and O–H groups in total. The minimum Gasteiger partial charge on any atom is -0.144 e. The summed E-state index contributed by atoms with van der Waals surface area (Å²) in [7, 11) is 0. The van der Waals surface area contributed by atoms with Crippen LogP contribution >= 0.6 is 11.3 Å². The molecule has 0 saturated carbocycles. The van der Waals surface area contributed by atoms with Gasteiger partial charge in [-0.3, -0.25) is 0 Å². The molecule has 4 aromatic carbocycles. The van der Waals surface area contributed by atoms with Crippen molar-refractivity contribution < 1.29 is 0 Å². The number of hydrogen-bond acceptors (Lipinski definition) is 1. The maximum atomic E-state index is 2.35. The summed E-state index contributed by atoms with van der Waals surface area (Å²) in [6.45, 7) is 0. The van der Waals surface area contributed by atoms with Crippen LogP contribution in [0.1, 0.15) is 0 Å². The van der Waals surface area contributed by atoms with Gasteiger partial charge in [0.05, 0.1) is 0 Å². The van der Waals surface area contributed by atoms with Crippen LogP contribution in [0.4, 0.5) is 0 Å². The van der Waals surface area contributed by atoms with E-state index < -0.39 is 0 Å². The second kappa shape index (κ2) is 4.06. The highest BCUT2D eigenvalue weighted by Crippen LogP contribution is 2.37. The summed E-state index contributed by atoms with van der Waals surface area (Å²) in [5.41, 5.74) is 0. The zero-order chi connectivity index (χ0) is 13.8. The number of thiophene rings is 1. The van der Waals surface area contributed by atoms with Crippen LogP contribution in [0, 0.1) is 0 Å². The molecule has 0 nitrogen and oxygen atoms in total. The van der Waals surface area contributed by atoms with E-state index in [2.05, 4.69) is 72.1 Å². The van der Waals surface area contributed by atoms with Crippen molar-refractivity contribution in [1.29, 1.82) is 0 Å². The second-order valence-corrected chi connectivity index (χ2v) is 6.40. The van der Waals surface area contributed by atoms with Crippen LogP contribution < -0.4 is 0 Å². The molecule has 1 heterocycles. The summed E-state index contributed by atoms with van der Waals surface area (Å²) in [5.74, 6) is 0. The van der Waals surface area contributed by atoms with Crippen molar-refractivity contribution in [3.8, 4) is 0 Å². The molecule has 1 heteroatoms. The first-order chi connectivity index (χ1) is 10.4. The molecule has 0 aliphatic rings. The highest BCUT2D eigenvalue weighted by atomic mass is 32.1. The van der Waals surface area contributed by atoms with Gasteiger partial charge in [0.1, 0.15) is 0 Å². The van der Waals surface area contributed by atoms with Crippen molar-refractivity contribution in [3.05, 3.63) is 72.1 Å². The third-order valence-electron chi connectivity index (χ3n) is 4.32. The fourth-order valence-electron chi connectivity index (χ4n) is 3.36. The normalized spacial score (nSPS) is 11.8. The van der Waals surface area contributed by atoms with Crippen LogP contribution in [0.25, 0.3) is 42.4 Å². The van der Waals surface area contributed by atoms with E-state index in [-0.39, 0.29) is 0 Å². The van der Waals surface area contributed by atoms with Crippen molar-refractivity contribution in [1.82, 2.24) is 0 Å². The van der Waals surface area contributed by atoms with E-state index >= 15 is 0 Å². The smallest absolute Gasteiger partial charge is 0.0349 e. The molecule has 0 saturated heterocycles. The lowest BCUT2D eigenvalue weighted by Gasteiger charge is -2.10. The standard InChI is InChI=1S/C20H12S/c1-3-7-16-14(5-1)15-6-2-4-8-17(15)19-12-20-13(9-10-21-20)11-18(16)19/h1-12H. The average molecular weight is 284 g/mol. The van der Waals surface area contributed by atoms with Gasteiger partial charge in [-0.05, 0) is 61.3 Å². The molecule has 0 fully saturated rings. The summed E-state index contributed by atoms with van der Waals surface area (Å²) in [5, 5.41) is 11.6. The van der Waals surface area contributed by atoms with Crippen molar-refractivity contribution in [2.75, 3.05) is 0 Å². The van der Waals surface area contributed by atoms with Crippen LogP contribution in [0.15, 0.2) is 72.1 Å². The van der Waals surface area contributed by atoms with E-state index in [0.717, 1.165) is 0 Å². The Kier molecular flexibility index (Phi) is 2.18. The second-order valence-electron chi connectivity index (χ2n) is 5.45. The maximum absolute atomic E-state index is 2.35. The molecule has 0 aliphatic heterocycles. The molecular weight excluding hydrogens is 272 g/mol. The van der Waals surface area contributed by atoms with Crippen LogP contribution in [-0.4, -0.2) is 0 Å². The van der Waals surface area contributed by atoms with E-state index in [1.165, 1.54) is 42.4 Å². The monoisotopic (exact) mass is 284 g/mol. The van der Waals surface area contributed by atoms with Crippen molar-refractivity contribution in [3.63, 3.8) is 0 Å². The molecule has 98 valence electrons. The summed E-state index contributed by atoms with van der Waals surface area (Å²) < 4.78 is 1.36. The number of rotatable bonds is 0. The maximum Gasteiger partial charge on any atom is 0.0349 e. The first-order valence-corrected chi connectivity index (χ1v) is 8.00. The molecule has 0 aliphatic carbocycles. The van der Waals surface area contributed by atoms with Gasteiger partial charge in [-0.2, -0.15) is 0 Å². The minimum atomic E-state index is 1.34. The van der Waals surface area contributed by atoms with E-state index in [1.54, 1.807) is 0 Å². The molecule has 0 atom stereocenters. The molecule has 5 rings (SSSR count). The predicted molar refractivity (Wildman–Crippen MR) is 94.3 cm³/mol. The summed E-state index contributed by atoms with van der Waals surface area (Å²) >= 11 is 1.82. The highest BCUT2D eigenvalue weighted by Gasteiger charge is 2.09. The molecule has 0 amide bonds. The van der Waals surface area contributed by atoms with Gasteiger partial charge >= 0.3 is 0 Å². The van der Waals surface area contributed by atoms with E-state index in [4.69, 9.17) is 0 Å². The lowest BCUT2D eigenvalue weighted by atomic mass is 9.94. The molecule has 0 spiro atoms. The van der Waals surface area contributed by atoms with Crippen molar-refractivity contribution >= 4 is 53.7 Å². The third-order valence-corrected chi connectivity index (χ3v) is 5.20. The quantitative estimate of drug-likeness (QED) is 0.290. The Morgan fingerprint density at radius 1 is 0.524 bits per heavy atom. The zero-order valence-corrected chi connectivity index (χ0v) is 12.2. The summed E-state index contributed by atoms with van der Waals surface area (Å²) in [6.07, 6.45) is 0. The molecule has 0 bridgehead atoms. The summed E-state index contributed by atoms with van der Waals surface area (Å²) in [6, 6.07) is 24.4. The predicted octanol–water partition coefficient (Wildman–Crippen LogP) is 6.36. The van der Waals surface area contributed by atoms with Gasteiger partial charge in [-0.25, -0.2) is 0 Å². The number of benzene rings is 4. The van der Waals surface area contributed by atoms with Gasteiger partial charge < -0.3 is 0 Å². The first kappa shape index (κ1) is 11.3. The largest absolute Gasteiger partial charge is 0.144 e. The fraction of sp³-hybridized carbons (Fsp3) is 0. The third kappa shape index (κ3) is 1.50. The number of fused-ring (bicyclic) bond motifs is 7. The van der Waals surface area contributed by atoms with Gasteiger partial charge in [0.2, 0.25) is 0 Å². The van der Waals surface area contributed by atoms with E-state index in [1.807, 2.05) is 11.3 Å². The van der Waals surface area contributed by atoms with Gasteiger partial charge in [0.15, 0.2) is 0 Å². The molecular formula is C20H12S. The number of hydrogen-bond donors (Lipinski definition) is 0. The van der Waals surface area contributed by atoms with Gasteiger partial charge in [0, 0.05) is 4.70 Å². The minimum absolute atomic E-state index is 1.34. The zero-order valence-electron chi connectivity index (χ0n) is 11.3. The van der Waals surface area contributed by atoms with E-state index in [9.17, 15) is 0 Å². The van der Waals surface area contributed by atoms with Gasteiger partial charge in [-0.1, -0.05) is 48.5 Å². The SMILES string of the molecule is c1ccc2c(c1)c1ccccc1c1cc3sccc3cc21. The lowest BCUT2D eigenvalue weighted by Crippen LogP contribution is -1.82. The molecule has 0 unspecified atom stereocenters. The van der Waals surface area contributed by atoms with E-state index in [0.29, 0.717) is 0 Å². The Bertz CT molecular complexity index is 1040.